The van der Waals surface area contributed by atoms with Crippen LogP contribution in [0, 0.1) is 0 Å². The van der Waals surface area contributed by atoms with Gasteiger partial charge in [-0.1, -0.05) is 0 Å². The van der Waals surface area contributed by atoms with E-state index in [1.165, 1.54) is 22.3 Å². The van der Waals surface area contributed by atoms with Crippen LogP contribution in [0.1, 0.15) is 19.3 Å². The van der Waals surface area contributed by atoms with Crippen molar-refractivity contribution in [3.05, 3.63) is 52.3 Å². The van der Waals surface area contributed by atoms with Crippen LogP contribution in [0.15, 0.2) is 41.5 Å². The summed E-state index contributed by atoms with van der Waals surface area (Å²) in [7, 11) is 0. The van der Waals surface area contributed by atoms with Gasteiger partial charge in [0, 0.05) is 35.9 Å². The summed E-state index contributed by atoms with van der Waals surface area (Å²) in [6.07, 6.45) is 6.25. The lowest BCUT2D eigenvalue weighted by molar-refractivity contribution is 0.721. The molecule has 0 aliphatic heterocycles. The Morgan fingerprint density at radius 1 is 1.19 bits per heavy atom. The normalized spacial score (nSPS) is 19.4. The predicted molar refractivity (Wildman–Crippen MR) is 101 cm³/mol. The zero-order chi connectivity index (χ0) is 17.9. The number of nitrogens with one attached hydrogen (secondary N) is 2. The van der Waals surface area contributed by atoms with Crippen molar-refractivity contribution in [3.8, 4) is 5.69 Å². The summed E-state index contributed by atoms with van der Waals surface area (Å²) < 4.78 is 5.28. The van der Waals surface area contributed by atoms with Gasteiger partial charge in [0.2, 0.25) is 10.4 Å². The molecule has 1 saturated carbocycles. The molecule has 10 heteroatoms. The molecule has 0 saturated heterocycles. The lowest BCUT2D eigenvalue weighted by Gasteiger charge is -2.15. The number of halogens is 1. The second-order valence-electron chi connectivity index (χ2n) is 6.04. The van der Waals surface area contributed by atoms with Gasteiger partial charge < -0.3 is 10.6 Å². The van der Waals surface area contributed by atoms with Crippen LogP contribution in [-0.2, 0) is 0 Å². The van der Waals surface area contributed by atoms with Gasteiger partial charge in [-0.3, -0.25) is 4.79 Å². The fraction of sp³-hybridized carbons (Fsp3) is 0.312. The average Bonchev–Trinajstić information content (AvgIpc) is 3.25. The molecule has 26 heavy (non-hydrogen) atoms. The summed E-state index contributed by atoms with van der Waals surface area (Å²) in [6, 6.07) is 7.44. The van der Waals surface area contributed by atoms with Gasteiger partial charge in [0.05, 0.1) is 11.9 Å². The third-order valence-electron chi connectivity index (χ3n) is 4.22. The van der Waals surface area contributed by atoms with Crippen molar-refractivity contribution in [2.45, 2.75) is 31.3 Å². The quantitative estimate of drug-likeness (QED) is 0.692. The van der Waals surface area contributed by atoms with E-state index in [4.69, 9.17) is 11.6 Å². The maximum atomic E-state index is 11.8. The van der Waals surface area contributed by atoms with Gasteiger partial charge in [0.25, 0.3) is 5.56 Å². The molecule has 1 fully saturated rings. The molecule has 3 heterocycles. The highest BCUT2D eigenvalue weighted by molar-refractivity contribution is 7.09. The molecule has 0 bridgehead atoms. The molecule has 0 amide bonds. The van der Waals surface area contributed by atoms with Gasteiger partial charge >= 0.3 is 0 Å². The van der Waals surface area contributed by atoms with Crippen molar-refractivity contribution in [1.82, 2.24) is 24.1 Å². The number of aromatic nitrogens is 5. The summed E-state index contributed by atoms with van der Waals surface area (Å²) in [5, 5.41) is 11.9. The van der Waals surface area contributed by atoms with Gasteiger partial charge in [0.15, 0.2) is 0 Å². The smallest absolute Gasteiger partial charge is 0.271 e. The van der Waals surface area contributed by atoms with Gasteiger partial charge in [-0.05, 0) is 49.1 Å². The Hall–Kier alpha value is -2.52. The summed E-state index contributed by atoms with van der Waals surface area (Å²) in [4.78, 5) is 20.3. The third-order valence-corrected chi connectivity index (χ3v) is 5.14. The number of rotatable bonds is 5. The highest BCUT2D eigenvalue weighted by Crippen LogP contribution is 2.26. The number of nitrogens with zero attached hydrogens (tertiary/aromatic N) is 5. The first-order chi connectivity index (χ1) is 12.7. The number of pyridine rings is 1. The average molecular weight is 390 g/mol. The molecule has 2 atom stereocenters. The van der Waals surface area contributed by atoms with E-state index in [1.807, 2.05) is 12.1 Å². The Morgan fingerprint density at radius 2 is 2.04 bits per heavy atom. The lowest BCUT2D eigenvalue weighted by atomic mass is 10.2. The standard InChI is InChI=1S/C16H16ClN7OS/c17-15-22-16(26-23-15)21-11-4-3-10(8-11)20-13-6-5-12(9-18-13)24-14(25)2-1-7-19-24/h1-2,5-7,9-11H,3-4,8H2,(H,18,20)(H,21,22,23)/t10-,11-/m0/s1. The first kappa shape index (κ1) is 16.9. The van der Waals surface area contributed by atoms with Crippen LogP contribution in [0.5, 0.6) is 0 Å². The molecular formula is C16H16ClN7OS. The molecule has 0 spiro atoms. The minimum Gasteiger partial charge on any atom is -0.367 e. The Morgan fingerprint density at radius 3 is 2.73 bits per heavy atom. The SMILES string of the molecule is O=c1cccnn1-c1ccc(N[C@H]2CC[C@H](Nc3nc(Cl)ns3)C2)nc1. The number of hydrogen-bond acceptors (Lipinski definition) is 8. The van der Waals surface area contributed by atoms with Crippen LogP contribution in [0.3, 0.4) is 0 Å². The Balaban J connectivity index is 1.36. The number of hydrogen-bond donors (Lipinski definition) is 2. The Labute approximate surface area is 158 Å². The fourth-order valence-electron chi connectivity index (χ4n) is 3.04. The largest absolute Gasteiger partial charge is 0.367 e. The van der Waals surface area contributed by atoms with Crippen molar-refractivity contribution in [3.63, 3.8) is 0 Å². The summed E-state index contributed by atoms with van der Waals surface area (Å²) in [5.41, 5.74) is 0.455. The van der Waals surface area contributed by atoms with E-state index < -0.39 is 0 Å². The van der Waals surface area contributed by atoms with E-state index in [-0.39, 0.29) is 10.8 Å². The highest BCUT2D eigenvalue weighted by atomic mass is 35.5. The predicted octanol–water partition coefficient (Wildman–Crippen LogP) is 2.58. The maximum absolute atomic E-state index is 11.8. The summed E-state index contributed by atoms with van der Waals surface area (Å²) >= 11 is 7.02. The van der Waals surface area contributed by atoms with Crippen LogP contribution in [-0.4, -0.2) is 36.2 Å². The van der Waals surface area contributed by atoms with Crippen LogP contribution < -0.4 is 16.2 Å². The maximum Gasteiger partial charge on any atom is 0.271 e. The molecule has 1 aliphatic rings. The Bertz CT molecular complexity index is 942. The third kappa shape index (κ3) is 3.83. The van der Waals surface area contributed by atoms with E-state index >= 15 is 0 Å². The minimum atomic E-state index is -0.184. The molecule has 3 aromatic rings. The second kappa shape index (κ2) is 7.38. The van der Waals surface area contributed by atoms with Gasteiger partial charge in [-0.2, -0.15) is 19.1 Å². The monoisotopic (exact) mass is 389 g/mol. The molecule has 8 nitrogen and oxygen atoms in total. The second-order valence-corrected chi connectivity index (χ2v) is 7.13. The van der Waals surface area contributed by atoms with Gasteiger partial charge in [-0.25, -0.2) is 4.98 Å². The van der Waals surface area contributed by atoms with Crippen molar-refractivity contribution in [2.24, 2.45) is 0 Å². The fourth-order valence-corrected chi connectivity index (χ4v) is 3.83. The van der Waals surface area contributed by atoms with E-state index in [0.717, 1.165) is 30.2 Å². The molecule has 3 aromatic heterocycles. The molecule has 134 valence electrons. The zero-order valence-corrected chi connectivity index (χ0v) is 15.2. The van der Waals surface area contributed by atoms with Crippen LogP contribution in [0.2, 0.25) is 5.28 Å². The summed E-state index contributed by atoms with van der Waals surface area (Å²) in [6.45, 7) is 0. The molecular weight excluding hydrogens is 374 g/mol. The molecule has 1 aliphatic carbocycles. The molecule has 0 radical (unpaired) electrons. The molecule has 0 unspecified atom stereocenters. The van der Waals surface area contributed by atoms with E-state index in [1.54, 1.807) is 18.5 Å². The highest BCUT2D eigenvalue weighted by Gasteiger charge is 2.25. The summed E-state index contributed by atoms with van der Waals surface area (Å²) in [5.74, 6) is 0.780. The number of anilines is 2. The first-order valence-corrected chi connectivity index (χ1v) is 9.35. The van der Waals surface area contributed by atoms with Crippen molar-refractivity contribution < 1.29 is 0 Å². The lowest BCUT2D eigenvalue weighted by Crippen LogP contribution is -2.21. The van der Waals surface area contributed by atoms with Crippen molar-refractivity contribution in [1.29, 1.82) is 0 Å². The van der Waals surface area contributed by atoms with Gasteiger partial charge in [-0.15, -0.1) is 0 Å². The van der Waals surface area contributed by atoms with E-state index in [2.05, 4.69) is 30.1 Å². The van der Waals surface area contributed by atoms with E-state index in [9.17, 15) is 4.79 Å². The van der Waals surface area contributed by atoms with Crippen LogP contribution >= 0.6 is 23.1 Å². The van der Waals surface area contributed by atoms with Crippen molar-refractivity contribution in [2.75, 3.05) is 10.6 Å². The topological polar surface area (TPSA) is 97.6 Å². The van der Waals surface area contributed by atoms with Crippen LogP contribution in [0.4, 0.5) is 10.9 Å². The van der Waals surface area contributed by atoms with Crippen LogP contribution in [0.25, 0.3) is 5.69 Å². The first-order valence-electron chi connectivity index (χ1n) is 8.20. The van der Waals surface area contributed by atoms with Gasteiger partial charge in [0.1, 0.15) is 5.82 Å². The van der Waals surface area contributed by atoms with E-state index in [0.29, 0.717) is 17.8 Å². The van der Waals surface area contributed by atoms with Crippen molar-refractivity contribution >= 4 is 34.1 Å². The molecule has 4 rings (SSSR count). The minimum absolute atomic E-state index is 0.184. The molecule has 2 N–H and O–H groups in total. The zero-order valence-electron chi connectivity index (χ0n) is 13.7. The Kier molecular flexibility index (Phi) is 4.81. The molecule has 0 aromatic carbocycles.